The van der Waals surface area contributed by atoms with Crippen molar-refractivity contribution in [3.63, 3.8) is 0 Å². The van der Waals surface area contributed by atoms with Crippen LogP contribution in [0.3, 0.4) is 0 Å². The number of thiazole rings is 1. The molecule has 17 nitrogen and oxygen atoms in total. The van der Waals surface area contributed by atoms with Gasteiger partial charge in [-0.3, -0.25) is 24.2 Å². The Morgan fingerprint density at radius 3 is 2.09 bits per heavy atom. The van der Waals surface area contributed by atoms with Crippen LogP contribution in [0.1, 0.15) is 82.1 Å². The van der Waals surface area contributed by atoms with Crippen molar-refractivity contribution in [2.24, 2.45) is 17.3 Å². The first kappa shape index (κ1) is 54.2. The van der Waals surface area contributed by atoms with E-state index in [0.717, 1.165) is 15.9 Å². The third-order valence-electron chi connectivity index (χ3n) is 11.8. The van der Waals surface area contributed by atoms with Crippen LogP contribution >= 0.6 is 11.3 Å². The van der Waals surface area contributed by atoms with Crippen molar-refractivity contribution in [2.75, 3.05) is 71.3 Å². The van der Waals surface area contributed by atoms with E-state index < -0.39 is 43.9 Å². The molecule has 3 amide bonds. The van der Waals surface area contributed by atoms with Gasteiger partial charge in [0.15, 0.2) is 15.6 Å². The number of nitrogens with zero attached hydrogens (tertiary/aromatic N) is 3. The van der Waals surface area contributed by atoms with E-state index in [1.165, 1.54) is 4.90 Å². The zero-order chi connectivity index (χ0) is 49.8. The molecule has 0 unspecified atom stereocenters. The average molecular weight is 983 g/mol. The number of hydrogen-bond acceptors (Lipinski definition) is 15. The number of carbonyl (C=O) groups excluding carboxylic acids is 4. The Hall–Kier alpha value is -4.79. The number of likely N-dealkylation sites (tertiary alicyclic amines) is 1. The van der Waals surface area contributed by atoms with E-state index in [0.29, 0.717) is 29.8 Å². The van der Waals surface area contributed by atoms with Crippen LogP contribution in [0.15, 0.2) is 53.0 Å². The lowest BCUT2D eigenvalue weighted by molar-refractivity contribution is -0.144. The number of benzene rings is 2. The molecule has 2 aromatic heterocycles. The van der Waals surface area contributed by atoms with E-state index in [9.17, 15) is 27.6 Å². The fourth-order valence-corrected chi connectivity index (χ4v) is 9.27. The zero-order valence-corrected chi connectivity index (χ0v) is 42.8. The highest BCUT2D eigenvalue weighted by molar-refractivity contribution is 7.92. The summed E-state index contributed by atoms with van der Waals surface area (Å²) in [7, 11) is -3.83. The maximum atomic E-state index is 14.0. The van der Waals surface area contributed by atoms with Crippen LogP contribution in [0, 0.1) is 17.3 Å². The first-order chi connectivity index (χ1) is 32.1. The van der Waals surface area contributed by atoms with Crippen molar-refractivity contribution in [1.29, 1.82) is 0 Å². The Labute approximate surface area is 404 Å². The quantitative estimate of drug-likeness (QED) is 0.0606. The second kappa shape index (κ2) is 24.2. The monoisotopic (exact) mass is 982 g/mol. The molecule has 0 saturated carbocycles. The summed E-state index contributed by atoms with van der Waals surface area (Å²) in [6.45, 7) is 19.8. The molecule has 0 aliphatic carbocycles. The molecule has 4 atom stereocenters. The van der Waals surface area contributed by atoms with Crippen LogP contribution < -0.4 is 20.7 Å². The van der Waals surface area contributed by atoms with Crippen LogP contribution in [0.5, 0.6) is 5.75 Å². The molecule has 2 aromatic carbocycles. The van der Waals surface area contributed by atoms with Gasteiger partial charge in [0.2, 0.25) is 17.7 Å². The molecule has 5 rings (SSSR count). The fraction of sp³-hybridized carbons (Fsp3) is 0.592. The summed E-state index contributed by atoms with van der Waals surface area (Å²) in [5.74, 6) is -1.47. The molecular weight excluding hydrogens is 913 g/mol. The van der Waals surface area contributed by atoms with Crippen molar-refractivity contribution in [1.82, 2.24) is 25.5 Å². The molecule has 1 saturated heterocycles. The van der Waals surface area contributed by atoms with Crippen LogP contribution in [0.25, 0.3) is 21.1 Å². The molecule has 3 heterocycles. The van der Waals surface area contributed by atoms with Gasteiger partial charge in [-0.1, -0.05) is 41.5 Å². The smallest absolute Gasteiger partial charge is 0.246 e. The molecule has 0 spiro atoms. The van der Waals surface area contributed by atoms with Crippen LogP contribution in [0.2, 0.25) is 0 Å². The lowest BCUT2D eigenvalue weighted by Crippen LogP contribution is -2.58. The molecule has 19 heteroatoms. The topological polar surface area (TPSA) is 214 Å². The lowest BCUT2D eigenvalue weighted by atomic mass is 9.85. The Kier molecular flexibility index (Phi) is 19.2. The van der Waals surface area contributed by atoms with Gasteiger partial charge in [-0.05, 0) is 75.8 Å². The molecular formula is C49H70N6O11S2. The predicted molar refractivity (Wildman–Crippen MR) is 263 cm³/mol. The Balaban J connectivity index is 1.02. The van der Waals surface area contributed by atoms with Gasteiger partial charge >= 0.3 is 0 Å². The number of amides is 3. The third-order valence-corrected chi connectivity index (χ3v) is 15.1. The number of aromatic nitrogens is 2. The van der Waals surface area contributed by atoms with Gasteiger partial charge < -0.3 is 44.5 Å². The van der Waals surface area contributed by atoms with Gasteiger partial charge in [0, 0.05) is 53.9 Å². The standard InChI is InChI=1S/C49H70N6O11S2/c1-11-44(57)54-45(48(5,6)7)47(59)55-28-33(24-39(55)46(58)52-32(4)31(2)3)40(56)29-65-21-20-63-17-16-62-18-19-64-22-23-66-41-27-37-35(26-43(41)68(60,61)49(8,9)10)36(14-15-50-37)53-34-12-13-42-38(25-34)51-30-67-42/h12-15,25-27,30-33,39,45H,11,16-24,28-29H2,1-10H3,(H,50,53)(H,52,58)(H,54,57)/t32-,33+,39+,45-/m1/s1. The van der Waals surface area contributed by atoms with Crippen molar-refractivity contribution >= 4 is 77.2 Å². The van der Waals surface area contributed by atoms with E-state index in [1.54, 1.807) is 68.9 Å². The first-order valence-corrected chi connectivity index (χ1v) is 25.6. The van der Waals surface area contributed by atoms with Gasteiger partial charge in [-0.25, -0.2) is 13.4 Å². The number of hydrogen-bond donors (Lipinski definition) is 3. The first-order valence-electron chi connectivity index (χ1n) is 23.3. The van der Waals surface area contributed by atoms with Crippen LogP contribution in [-0.2, 0) is 48.0 Å². The molecule has 1 aliphatic rings. The number of carbonyl (C=O) groups is 4. The number of pyridine rings is 1. The largest absolute Gasteiger partial charge is 0.490 e. The van der Waals surface area contributed by atoms with Crippen molar-refractivity contribution in [3.8, 4) is 5.75 Å². The summed E-state index contributed by atoms with van der Waals surface area (Å²) < 4.78 is 56.2. The Bertz CT molecular complexity index is 2470. The Morgan fingerprint density at radius 2 is 1.47 bits per heavy atom. The second-order valence-electron chi connectivity index (χ2n) is 19.4. The number of Topliss-reactive ketones (excluding diaryl/α,β-unsaturated/α-hetero) is 1. The van der Waals surface area contributed by atoms with E-state index in [-0.39, 0.29) is 106 Å². The predicted octanol–water partition coefficient (Wildman–Crippen LogP) is 6.49. The minimum Gasteiger partial charge on any atom is -0.490 e. The summed E-state index contributed by atoms with van der Waals surface area (Å²) in [4.78, 5) is 63.6. The summed E-state index contributed by atoms with van der Waals surface area (Å²) in [6, 6.07) is 9.08. The number of ketones is 1. The number of ether oxygens (including phenoxy) is 5. The van der Waals surface area contributed by atoms with E-state index >= 15 is 0 Å². The van der Waals surface area contributed by atoms with E-state index in [1.807, 2.05) is 59.7 Å². The van der Waals surface area contributed by atoms with Gasteiger partial charge in [0.25, 0.3) is 0 Å². The Morgan fingerprint density at radius 1 is 0.824 bits per heavy atom. The fourth-order valence-electron chi connectivity index (χ4n) is 7.29. The molecule has 374 valence electrons. The summed E-state index contributed by atoms with van der Waals surface area (Å²) in [5, 5.41) is 9.85. The van der Waals surface area contributed by atoms with Crippen molar-refractivity contribution in [2.45, 2.75) is 110 Å². The van der Waals surface area contributed by atoms with Gasteiger partial charge in [0.1, 0.15) is 35.9 Å². The van der Waals surface area contributed by atoms with Crippen molar-refractivity contribution in [3.05, 3.63) is 48.1 Å². The maximum absolute atomic E-state index is 14.0. The van der Waals surface area contributed by atoms with Gasteiger partial charge in [-0.15, -0.1) is 11.3 Å². The highest BCUT2D eigenvalue weighted by Gasteiger charge is 2.46. The molecule has 4 aromatic rings. The number of anilines is 2. The number of sulfone groups is 1. The van der Waals surface area contributed by atoms with E-state index in [2.05, 4.69) is 25.9 Å². The normalized spacial score (nSPS) is 16.5. The molecule has 0 radical (unpaired) electrons. The molecule has 1 aliphatic heterocycles. The number of nitrogens with one attached hydrogen (secondary N) is 3. The molecule has 0 bridgehead atoms. The van der Waals surface area contributed by atoms with Crippen LogP contribution in [0.4, 0.5) is 11.4 Å². The highest BCUT2D eigenvalue weighted by atomic mass is 32.2. The number of rotatable bonds is 25. The molecule has 68 heavy (non-hydrogen) atoms. The minimum absolute atomic E-state index is 0.0473. The molecule has 1 fully saturated rings. The highest BCUT2D eigenvalue weighted by Crippen LogP contribution is 2.38. The molecule has 3 N–H and O–H groups in total. The minimum atomic E-state index is -3.83. The van der Waals surface area contributed by atoms with E-state index in [4.69, 9.17) is 23.7 Å². The number of fused-ring (bicyclic) bond motifs is 2. The van der Waals surface area contributed by atoms with Crippen LogP contribution in [-0.4, -0.2) is 136 Å². The SMILES string of the molecule is CCC(=O)N[C@H](C(=O)N1C[C@@H](C(=O)COCCOCCOCCOCCOc2cc3nccc(Nc4ccc5scnc5c4)c3cc2S(=O)(=O)C(C)(C)C)C[C@H]1C(=O)N[C@H](C)C(C)C)C(C)(C)C. The van der Waals surface area contributed by atoms with Crippen molar-refractivity contribution < 1.29 is 51.3 Å². The summed E-state index contributed by atoms with van der Waals surface area (Å²) in [6.07, 6.45) is 2.02. The zero-order valence-electron chi connectivity index (χ0n) is 41.1. The third kappa shape index (κ3) is 14.4. The summed E-state index contributed by atoms with van der Waals surface area (Å²) in [5.41, 5.74) is 4.10. The lowest BCUT2D eigenvalue weighted by Gasteiger charge is -2.35. The maximum Gasteiger partial charge on any atom is 0.246 e. The second-order valence-corrected chi connectivity index (χ2v) is 22.9. The summed E-state index contributed by atoms with van der Waals surface area (Å²) >= 11 is 1.56. The average Bonchev–Trinajstić information content (AvgIpc) is 3.95. The van der Waals surface area contributed by atoms with Gasteiger partial charge in [0.05, 0.1) is 72.2 Å². The van der Waals surface area contributed by atoms with Gasteiger partial charge in [-0.2, -0.15) is 0 Å².